The van der Waals surface area contributed by atoms with Gasteiger partial charge in [0, 0.05) is 18.9 Å². The molecule has 1 unspecified atom stereocenters. The van der Waals surface area contributed by atoms with Crippen LogP contribution in [0.5, 0.6) is 0 Å². The van der Waals surface area contributed by atoms with Gasteiger partial charge >= 0.3 is 0 Å². The van der Waals surface area contributed by atoms with Crippen molar-refractivity contribution >= 4 is 18.3 Å². The van der Waals surface area contributed by atoms with Gasteiger partial charge in [-0.15, -0.1) is 12.4 Å². The number of carbonyl (C=O) groups is 1. The van der Waals surface area contributed by atoms with E-state index >= 15 is 0 Å². The lowest BCUT2D eigenvalue weighted by Crippen LogP contribution is -2.55. The van der Waals surface area contributed by atoms with Gasteiger partial charge < -0.3 is 15.4 Å². The molecule has 3 atom stereocenters. The van der Waals surface area contributed by atoms with Gasteiger partial charge in [0.15, 0.2) is 0 Å². The van der Waals surface area contributed by atoms with E-state index in [0.717, 1.165) is 11.3 Å². The minimum atomic E-state index is -0.297. The zero-order valence-electron chi connectivity index (χ0n) is 13.8. The quantitative estimate of drug-likeness (QED) is 0.883. The molecule has 2 N–H and O–H groups in total. The van der Waals surface area contributed by atoms with Crippen LogP contribution >= 0.6 is 12.4 Å². The average molecular weight is 351 g/mol. The van der Waals surface area contributed by atoms with E-state index in [9.17, 15) is 4.79 Å². The molecule has 1 aromatic carbocycles. The van der Waals surface area contributed by atoms with E-state index in [1.807, 2.05) is 50.4 Å². The van der Waals surface area contributed by atoms with Crippen LogP contribution in [0.15, 0.2) is 42.7 Å². The Morgan fingerprint density at radius 2 is 2.17 bits per heavy atom. The summed E-state index contributed by atoms with van der Waals surface area (Å²) in [7, 11) is 0. The molecule has 3 rings (SSSR count). The number of ether oxygens (including phenoxy) is 1. The van der Waals surface area contributed by atoms with Crippen LogP contribution in [0, 0.1) is 0 Å². The van der Waals surface area contributed by atoms with E-state index in [-0.39, 0.29) is 36.5 Å². The second kappa shape index (κ2) is 8.28. The van der Waals surface area contributed by atoms with Gasteiger partial charge in [0.1, 0.15) is 6.04 Å². The van der Waals surface area contributed by atoms with Crippen molar-refractivity contribution in [2.45, 2.75) is 32.0 Å². The first-order valence-electron chi connectivity index (χ1n) is 7.90. The molecular formula is C17H23ClN4O2. The number of nitrogens with one attached hydrogen (secondary N) is 2. The number of benzene rings is 1. The van der Waals surface area contributed by atoms with Gasteiger partial charge in [-0.3, -0.25) is 4.79 Å². The van der Waals surface area contributed by atoms with E-state index in [4.69, 9.17) is 4.74 Å². The maximum Gasteiger partial charge on any atom is 0.240 e. The van der Waals surface area contributed by atoms with Crippen LogP contribution in [0.4, 0.5) is 0 Å². The lowest BCUT2D eigenvalue weighted by atomic mass is 10.1. The first-order chi connectivity index (χ1) is 11.1. The van der Waals surface area contributed by atoms with Crippen molar-refractivity contribution in [3.63, 3.8) is 0 Å². The molecule has 1 aromatic heterocycles. The molecule has 130 valence electrons. The molecule has 2 aromatic rings. The van der Waals surface area contributed by atoms with Gasteiger partial charge in [0.2, 0.25) is 5.91 Å². The molecule has 6 nitrogen and oxygen atoms in total. The summed E-state index contributed by atoms with van der Waals surface area (Å²) in [5.41, 5.74) is 2.05. The lowest BCUT2D eigenvalue weighted by Gasteiger charge is -2.30. The standard InChI is InChI=1S/C17H22N4O2.ClH/c1-12(20-17(22)16-13(2)23-11-9-18-16)14-4-6-15(7-5-14)21-10-3-8-19-21;/h3-8,10,12-13,16,18H,9,11H2,1-2H3,(H,20,22);1H/t12?,13-,16+;/m1./s1. The Kier molecular flexibility index (Phi) is 6.36. The second-order valence-electron chi connectivity index (χ2n) is 5.78. The Hall–Kier alpha value is -1.89. The van der Waals surface area contributed by atoms with E-state index < -0.39 is 0 Å². The highest BCUT2D eigenvalue weighted by Crippen LogP contribution is 2.16. The SMILES string of the molecule is CC(NC(=O)[C@H]1NCCO[C@@H]1C)c1ccc(-n2cccn2)cc1.Cl. The van der Waals surface area contributed by atoms with Gasteiger partial charge in [-0.25, -0.2) is 4.68 Å². The van der Waals surface area contributed by atoms with Crippen molar-refractivity contribution in [1.29, 1.82) is 0 Å². The predicted molar refractivity (Wildman–Crippen MR) is 94.6 cm³/mol. The summed E-state index contributed by atoms with van der Waals surface area (Å²) < 4.78 is 7.33. The van der Waals surface area contributed by atoms with Crippen molar-refractivity contribution in [3.8, 4) is 5.69 Å². The summed E-state index contributed by atoms with van der Waals surface area (Å²) in [5, 5.41) is 10.5. The third-order valence-corrected chi connectivity index (χ3v) is 4.12. The molecule has 0 bridgehead atoms. The molecule has 1 aliphatic heterocycles. The molecule has 0 aliphatic carbocycles. The van der Waals surface area contributed by atoms with Gasteiger partial charge in [0.25, 0.3) is 0 Å². The number of nitrogens with zero attached hydrogens (tertiary/aromatic N) is 2. The van der Waals surface area contributed by atoms with Crippen molar-refractivity contribution in [2.24, 2.45) is 0 Å². The van der Waals surface area contributed by atoms with E-state index in [2.05, 4.69) is 15.7 Å². The summed E-state index contributed by atoms with van der Waals surface area (Å²) >= 11 is 0. The zero-order valence-corrected chi connectivity index (χ0v) is 14.6. The predicted octanol–water partition coefficient (Wildman–Crippen LogP) is 1.85. The third kappa shape index (κ3) is 4.14. The smallest absolute Gasteiger partial charge is 0.240 e. The molecule has 24 heavy (non-hydrogen) atoms. The van der Waals surface area contributed by atoms with E-state index in [1.54, 1.807) is 10.9 Å². The van der Waals surface area contributed by atoms with Gasteiger partial charge in [-0.05, 0) is 37.6 Å². The Bertz CT molecular complexity index is 645. The van der Waals surface area contributed by atoms with Gasteiger partial charge in [-0.1, -0.05) is 12.1 Å². The highest BCUT2D eigenvalue weighted by atomic mass is 35.5. The van der Waals surface area contributed by atoms with Crippen molar-refractivity contribution in [1.82, 2.24) is 20.4 Å². The van der Waals surface area contributed by atoms with Gasteiger partial charge in [0.05, 0.1) is 24.4 Å². The molecule has 1 aliphatic rings. The fraction of sp³-hybridized carbons (Fsp3) is 0.412. The summed E-state index contributed by atoms with van der Waals surface area (Å²) in [6.07, 6.45) is 3.53. The molecule has 0 spiro atoms. The summed E-state index contributed by atoms with van der Waals surface area (Å²) in [6, 6.07) is 9.54. The Morgan fingerprint density at radius 1 is 1.42 bits per heavy atom. The summed E-state index contributed by atoms with van der Waals surface area (Å²) in [4.78, 5) is 12.4. The molecule has 7 heteroatoms. The maximum absolute atomic E-state index is 12.4. The molecule has 1 fully saturated rings. The highest BCUT2D eigenvalue weighted by molar-refractivity contribution is 5.85. The topological polar surface area (TPSA) is 68.2 Å². The van der Waals surface area contributed by atoms with Gasteiger partial charge in [-0.2, -0.15) is 5.10 Å². The molecule has 1 saturated heterocycles. The number of hydrogen-bond donors (Lipinski definition) is 2. The molecule has 0 saturated carbocycles. The zero-order chi connectivity index (χ0) is 16.2. The first kappa shape index (κ1) is 18.4. The first-order valence-corrected chi connectivity index (χ1v) is 7.90. The highest BCUT2D eigenvalue weighted by Gasteiger charge is 2.29. The minimum absolute atomic E-state index is 0. The van der Waals surface area contributed by atoms with Crippen LogP contribution in [-0.4, -0.2) is 41.0 Å². The van der Waals surface area contributed by atoms with E-state index in [0.29, 0.717) is 13.2 Å². The lowest BCUT2D eigenvalue weighted by molar-refractivity contribution is -0.129. The van der Waals surface area contributed by atoms with Crippen LogP contribution in [0.1, 0.15) is 25.5 Å². The van der Waals surface area contributed by atoms with Crippen LogP contribution in [0.25, 0.3) is 5.69 Å². The Balaban J connectivity index is 0.00000208. The number of aromatic nitrogens is 2. The van der Waals surface area contributed by atoms with Crippen LogP contribution in [0.2, 0.25) is 0 Å². The fourth-order valence-corrected chi connectivity index (χ4v) is 2.75. The number of hydrogen-bond acceptors (Lipinski definition) is 4. The molecular weight excluding hydrogens is 328 g/mol. The Labute approximate surface area is 148 Å². The number of amides is 1. The average Bonchev–Trinajstić information content (AvgIpc) is 3.09. The normalized spacial score (nSPS) is 21.6. The number of carbonyl (C=O) groups excluding carboxylic acids is 1. The van der Waals surface area contributed by atoms with Crippen LogP contribution in [-0.2, 0) is 9.53 Å². The fourth-order valence-electron chi connectivity index (χ4n) is 2.75. The largest absolute Gasteiger partial charge is 0.375 e. The minimum Gasteiger partial charge on any atom is -0.375 e. The Morgan fingerprint density at radius 3 is 2.79 bits per heavy atom. The number of rotatable bonds is 4. The molecule has 1 amide bonds. The maximum atomic E-state index is 12.4. The molecule has 0 radical (unpaired) electrons. The summed E-state index contributed by atoms with van der Waals surface area (Å²) in [5.74, 6) is -0.0270. The van der Waals surface area contributed by atoms with Crippen LogP contribution < -0.4 is 10.6 Å². The third-order valence-electron chi connectivity index (χ3n) is 4.12. The van der Waals surface area contributed by atoms with E-state index in [1.165, 1.54) is 0 Å². The second-order valence-corrected chi connectivity index (χ2v) is 5.78. The van der Waals surface area contributed by atoms with Crippen molar-refractivity contribution < 1.29 is 9.53 Å². The summed E-state index contributed by atoms with van der Waals surface area (Å²) in [6.45, 7) is 5.25. The number of morpholine rings is 1. The number of halogens is 1. The van der Waals surface area contributed by atoms with Crippen molar-refractivity contribution in [2.75, 3.05) is 13.2 Å². The van der Waals surface area contributed by atoms with Crippen LogP contribution in [0.3, 0.4) is 0 Å². The molecule has 2 heterocycles. The van der Waals surface area contributed by atoms with Crippen molar-refractivity contribution in [3.05, 3.63) is 48.3 Å². The monoisotopic (exact) mass is 350 g/mol.